The molecule has 1 N–H and O–H groups in total. The Balaban J connectivity index is 1.51. The number of hydrogen-bond acceptors (Lipinski definition) is 6. The zero-order valence-electron chi connectivity index (χ0n) is 17.0. The third-order valence-corrected chi connectivity index (χ3v) is 7.33. The Morgan fingerprint density at radius 3 is 2.45 bits per heavy atom. The molecule has 158 valence electrons. The second-order valence-electron chi connectivity index (χ2n) is 7.57. The number of nitrogens with one attached hydrogen (secondary N) is 1. The summed E-state index contributed by atoms with van der Waals surface area (Å²) in [5.41, 5.74) is 0.582. The van der Waals surface area contributed by atoms with Gasteiger partial charge < -0.3 is 5.32 Å². The molecule has 0 bridgehead atoms. The van der Waals surface area contributed by atoms with Crippen LogP contribution in [0.3, 0.4) is 0 Å². The van der Waals surface area contributed by atoms with E-state index in [1.54, 1.807) is 25.5 Å². The van der Waals surface area contributed by atoms with E-state index in [1.165, 1.54) is 22.8 Å². The second-order valence-corrected chi connectivity index (χ2v) is 9.57. The average Bonchev–Trinajstić information content (AvgIpc) is 3.23. The lowest BCUT2D eigenvalue weighted by Crippen LogP contribution is -2.39. The molecule has 0 atom stereocenters. The highest BCUT2D eigenvalue weighted by molar-refractivity contribution is 7.89. The maximum atomic E-state index is 12.5. The van der Waals surface area contributed by atoms with Gasteiger partial charge in [-0.05, 0) is 51.0 Å². The maximum absolute atomic E-state index is 12.5. The fourth-order valence-corrected chi connectivity index (χ4v) is 4.67. The van der Waals surface area contributed by atoms with E-state index in [4.69, 9.17) is 0 Å². The van der Waals surface area contributed by atoms with Crippen LogP contribution >= 0.6 is 0 Å². The fraction of sp³-hybridized carbons (Fsp3) is 0.526. The lowest BCUT2D eigenvalue weighted by Gasteiger charge is -2.31. The lowest BCUT2D eigenvalue weighted by molar-refractivity contribution is -0.117. The van der Waals surface area contributed by atoms with Gasteiger partial charge in [-0.25, -0.2) is 18.1 Å². The first-order chi connectivity index (χ1) is 13.8. The summed E-state index contributed by atoms with van der Waals surface area (Å²) < 4.78 is 28.2. The summed E-state index contributed by atoms with van der Waals surface area (Å²) in [5.74, 6) is -0.112. The van der Waals surface area contributed by atoms with Gasteiger partial charge in [-0.1, -0.05) is 0 Å². The van der Waals surface area contributed by atoms with Crippen molar-refractivity contribution in [2.75, 3.05) is 32.0 Å². The van der Waals surface area contributed by atoms with Crippen molar-refractivity contribution >= 4 is 21.6 Å². The highest BCUT2D eigenvalue weighted by Crippen LogP contribution is 2.21. The molecule has 1 aromatic carbocycles. The molecule has 1 aromatic heterocycles. The van der Waals surface area contributed by atoms with Crippen molar-refractivity contribution in [2.45, 2.75) is 43.7 Å². The number of carbonyl (C=O) groups excluding carboxylic acids is 1. The molecule has 0 saturated carbocycles. The molecule has 1 fully saturated rings. The standard InChI is InChI=1S/C19H28N6O3S/c1-15(2)23(3)29(27,28)18-6-4-16(5-7-18)22-19(26)12-24-10-8-17(9-11-24)25-14-20-13-21-25/h4-7,13-15,17H,8-12H2,1-3H3,(H,22,26). The Kier molecular flexibility index (Phi) is 6.66. The van der Waals surface area contributed by atoms with Crippen LogP contribution in [0.4, 0.5) is 5.69 Å². The number of rotatable bonds is 7. The summed E-state index contributed by atoms with van der Waals surface area (Å²) in [6.45, 7) is 5.58. The van der Waals surface area contributed by atoms with Gasteiger partial charge in [-0.2, -0.15) is 9.40 Å². The fourth-order valence-electron chi connectivity index (χ4n) is 3.31. The number of nitrogens with zero attached hydrogens (tertiary/aromatic N) is 5. The molecular formula is C19H28N6O3S. The normalized spacial score (nSPS) is 16.4. The predicted molar refractivity (Wildman–Crippen MR) is 110 cm³/mol. The number of hydrogen-bond donors (Lipinski definition) is 1. The van der Waals surface area contributed by atoms with Crippen LogP contribution in [-0.4, -0.2) is 71.0 Å². The molecule has 29 heavy (non-hydrogen) atoms. The molecule has 0 spiro atoms. The highest BCUT2D eigenvalue weighted by Gasteiger charge is 2.24. The third-order valence-electron chi connectivity index (χ3n) is 5.28. The zero-order valence-corrected chi connectivity index (χ0v) is 17.8. The van der Waals surface area contributed by atoms with Crippen LogP contribution in [0.5, 0.6) is 0 Å². The number of benzene rings is 1. The monoisotopic (exact) mass is 420 g/mol. The minimum atomic E-state index is -3.53. The van der Waals surface area contributed by atoms with E-state index in [0.717, 1.165) is 25.9 Å². The molecule has 0 aliphatic carbocycles. The van der Waals surface area contributed by atoms with E-state index in [1.807, 2.05) is 18.5 Å². The Labute approximate surface area is 171 Å². The van der Waals surface area contributed by atoms with Gasteiger partial charge in [0.05, 0.1) is 17.5 Å². The number of likely N-dealkylation sites (tertiary alicyclic amines) is 1. The topological polar surface area (TPSA) is 100 Å². The SMILES string of the molecule is CC(C)N(C)S(=O)(=O)c1ccc(NC(=O)CN2CCC(n3cncn3)CC2)cc1. The molecule has 3 rings (SSSR count). The molecule has 0 unspecified atom stereocenters. The molecular weight excluding hydrogens is 392 g/mol. The first-order valence-corrected chi connectivity index (χ1v) is 11.2. The van der Waals surface area contributed by atoms with Crippen LogP contribution in [0.15, 0.2) is 41.8 Å². The average molecular weight is 421 g/mol. The summed E-state index contributed by atoms with van der Waals surface area (Å²) >= 11 is 0. The third kappa shape index (κ3) is 5.20. The Bertz CT molecular complexity index is 904. The molecule has 2 heterocycles. The Morgan fingerprint density at radius 1 is 1.24 bits per heavy atom. The van der Waals surface area contributed by atoms with E-state index < -0.39 is 10.0 Å². The molecule has 9 nitrogen and oxygen atoms in total. The minimum absolute atomic E-state index is 0.112. The number of aromatic nitrogens is 3. The molecule has 1 amide bonds. The number of anilines is 1. The van der Waals surface area contributed by atoms with Gasteiger partial charge in [-0.3, -0.25) is 9.69 Å². The van der Waals surface area contributed by atoms with Crippen molar-refractivity contribution in [1.29, 1.82) is 0 Å². The van der Waals surface area contributed by atoms with Gasteiger partial charge in [0.1, 0.15) is 12.7 Å². The first-order valence-electron chi connectivity index (χ1n) is 9.72. The van der Waals surface area contributed by atoms with E-state index >= 15 is 0 Å². The van der Waals surface area contributed by atoms with E-state index in [0.29, 0.717) is 18.3 Å². The van der Waals surface area contributed by atoms with Gasteiger partial charge >= 0.3 is 0 Å². The van der Waals surface area contributed by atoms with Gasteiger partial charge in [0.15, 0.2) is 0 Å². The molecule has 1 saturated heterocycles. The second kappa shape index (κ2) is 9.02. The van der Waals surface area contributed by atoms with Crippen molar-refractivity contribution in [1.82, 2.24) is 24.0 Å². The summed E-state index contributed by atoms with van der Waals surface area (Å²) in [6.07, 6.45) is 5.12. The zero-order chi connectivity index (χ0) is 21.0. The van der Waals surface area contributed by atoms with Crippen molar-refractivity contribution in [3.63, 3.8) is 0 Å². The van der Waals surface area contributed by atoms with Crippen LogP contribution in [0, 0.1) is 0 Å². The van der Waals surface area contributed by atoms with Gasteiger partial charge in [-0.15, -0.1) is 0 Å². The number of amides is 1. The van der Waals surface area contributed by atoms with Crippen LogP contribution in [0.1, 0.15) is 32.7 Å². The summed E-state index contributed by atoms with van der Waals surface area (Å²) in [6, 6.07) is 6.48. The molecule has 1 aliphatic heterocycles. The van der Waals surface area contributed by atoms with Gasteiger partial charge in [0.25, 0.3) is 0 Å². The minimum Gasteiger partial charge on any atom is -0.325 e. The smallest absolute Gasteiger partial charge is 0.243 e. The number of sulfonamides is 1. The summed E-state index contributed by atoms with van der Waals surface area (Å²) in [5, 5.41) is 7.03. The molecule has 1 aliphatic rings. The van der Waals surface area contributed by atoms with E-state index in [-0.39, 0.29) is 16.8 Å². The highest BCUT2D eigenvalue weighted by atomic mass is 32.2. The van der Waals surface area contributed by atoms with E-state index in [2.05, 4.69) is 20.3 Å². The lowest BCUT2D eigenvalue weighted by atomic mass is 10.1. The Hall–Kier alpha value is -2.30. The van der Waals surface area contributed by atoms with Crippen LogP contribution in [0.25, 0.3) is 0 Å². The van der Waals surface area contributed by atoms with Crippen LogP contribution in [-0.2, 0) is 14.8 Å². The van der Waals surface area contributed by atoms with Crippen molar-refractivity contribution in [3.8, 4) is 0 Å². The molecule has 2 aromatic rings. The van der Waals surface area contributed by atoms with Gasteiger partial charge in [0.2, 0.25) is 15.9 Å². The maximum Gasteiger partial charge on any atom is 0.243 e. The molecule has 0 radical (unpaired) electrons. The number of piperidine rings is 1. The van der Waals surface area contributed by atoms with Crippen molar-refractivity contribution < 1.29 is 13.2 Å². The van der Waals surface area contributed by atoms with Crippen LogP contribution in [0.2, 0.25) is 0 Å². The van der Waals surface area contributed by atoms with Crippen molar-refractivity contribution in [2.24, 2.45) is 0 Å². The van der Waals surface area contributed by atoms with Gasteiger partial charge in [0, 0.05) is 31.9 Å². The first kappa shape index (κ1) is 21.4. The molecule has 10 heteroatoms. The van der Waals surface area contributed by atoms with Crippen molar-refractivity contribution in [3.05, 3.63) is 36.9 Å². The van der Waals surface area contributed by atoms with E-state index in [9.17, 15) is 13.2 Å². The summed E-state index contributed by atoms with van der Waals surface area (Å²) in [4.78, 5) is 18.7. The largest absolute Gasteiger partial charge is 0.325 e. The quantitative estimate of drug-likeness (QED) is 0.730. The predicted octanol–water partition coefficient (Wildman–Crippen LogP) is 1.58. The van der Waals surface area contributed by atoms with Crippen LogP contribution < -0.4 is 5.32 Å². The Morgan fingerprint density at radius 2 is 1.90 bits per heavy atom. The number of carbonyl (C=O) groups is 1. The summed E-state index contributed by atoms with van der Waals surface area (Å²) in [7, 11) is -1.97.